The van der Waals surface area contributed by atoms with Crippen molar-refractivity contribution in [2.75, 3.05) is 26.2 Å². The first kappa shape index (κ1) is 14.3. The van der Waals surface area contributed by atoms with Crippen LogP contribution < -0.4 is 0 Å². The van der Waals surface area contributed by atoms with Crippen molar-refractivity contribution < 1.29 is 13.9 Å². The van der Waals surface area contributed by atoms with E-state index >= 15 is 4.39 Å². The second-order valence-corrected chi connectivity index (χ2v) is 5.84. The van der Waals surface area contributed by atoms with Crippen LogP contribution in [-0.2, 0) is 11.3 Å². The number of carbonyl (C=O) groups excluding carboxylic acids is 1. The molecule has 2 fully saturated rings. The molecule has 114 valence electrons. The minimum absolute atomic E-state index is 0.155. The molecule has 0 aromatic heterocycles. The lowest BCUT2D eigenvalue weighted by Crippen LogP contribution is -2.40. The van der Waals surface area contributed by atoms with E-state index in [4.69, 9.17) is 4.74 Å². The number of likely N-dealkylation sites (tertiary alicyclic amines) is 2. The van der Waals surface area contributed by atoms with E-state index in [0.29, 0.717) is 19.6 Å². The van der Waals surface area contributed by atoms with E-state index in [0.717, 1.165) is 13.1 Å². The number of benzene rings is 1. The van der Waals surface area contributed by atoms with Gasteiger partial charge in [0.05, 0.1) is 19.2 Å². The van der Waals surface area contributed by atoms with Crippen LogP contribution in [0.15, 0.2) is 30.3 Å². The van der Waals surface area contributed by atoms with Crippen LogP contribution in [0, 0.1) is 0 Å². The number of fused-ring (bicyclic) bond motifs is 1. The number of halogens is 1. The highest BCUT2D eigenvalue weighted by atomic mass is 19.1. The Morgan fingerprint density at radius 3 is 2.90 bits per heavy atom. The number of carbonyl (C=O) groups is 1. The fraction of sp³-hybridized carbons (Fsp3) is 0.562. The summed E-state index contributed by atoms with van der Waals surface area (Å²) in [6, 6.07) is 9.85. The zero-order valence-corrected chi connectivity index (χ0v) is 12.3. The molecule has 0 unspecified atom stereocenters. The number of nitrogens with zero attached hydrogens (tertiary/aromatic N) is 2. The zero-order chi connectivity index (χ0) is 14.9. The molecule has 1 amide bonds. The lowest BCUT2D eigenvalue weighted by molar-refractivity contribution is 0.104. The highest BCUT2D eigenvalue weighted by molar-refractivity contribution is 5.68. The van der Waals surface area contributed by atoms with Gasteiger partial charge in [0.2, 0.25) is 0 Å². The summed E-state index contributed by atoms with van der Waals surface area (Å²) in [5, 5.41) is 0. The molecule has 2 atom stereocenters. The Kier molecular flexibility index (Phi) is 3.85. The molecule has 2 heterocycles. The molecule has 21 heavy (non-hydrogen) atoms. The Hall–Kier alpha value is -1.62. The van der Waals surface area contributed by atoms with Gasteiger partial charge in [0, 0.05) is 19.6 Å². The number of ether oxygens (including phenoxy) is 1. The van der Waals surface area contributed by atoms with E-state index < -0.39 is 11.8 Å². The normalized spacial score (nSPS) is 28.7. The van der Waals surface area contributed by atoms with Gasteiger partial charge >= 0.3 is 6.09 Å². The van der Waals surface area contributed by atoms with E-state index in [-0.39, 0.29) is 12.6 Å². The van der Waals surface area contributed by atoms with E-state index in [1.54, 1.807) is 6.92 Å². The SMILES string of the molecule is CCOC(=O)N1C[C@H]2N(Cc3ccccc3)CC[C@@]2(F)C1. The molecule has 1 aromatic carbocycles. The van der Waals surface area contributed by atoms with Crippen molar-refractivity contribution in [2.45, 2.75) is 31.6 Å². The average molecular weight is 292 g/mol. The Morgan fingerprint density at radius 2 is 2.19 bits per heavy atom. The van der Waals surface area contributed by atoms with E-state index in [9.17, 15) is 4.79 Å². The van der Waals surface area contributed by atoms with Crippen molar-refractivity contribution in [1.82, 2.24) is 9.80 Å². The average Bonchev–Trinajstić information content (AvgIpc) is 2.96. The van der Waals surface area contributed by atoms with Gasteiger partial charge in [-0.15, -0.1) is 0 Å². The summed E-state index contributed by atoms with van der Waals surface area (Å²) in [4.78, 5) is 15.5. The molecule has 0 saturated carbocycles. The first-order chi connectivity index (χ1) is 10.1. The predicted octanol–water partition coefficient (Wildman–Crippen LogP) is 2.44. The third-order valence-corrected chi connectivity index (χ3v) is 4.45. The first-order valence-corrected chi connectivity index (χ1v) is 7.51. The minimum atomic E-state index is -1.29. The number of hydrogen-bond donors (Lipinski definition) is 0. The Balaban J connectivity index is 1.69. The molecule has 1 aromatic rings. The van der Waals surface area contributed by atoms with Gasteiger partial charge in [-0.1, -0.05) is 30.3 Å². The van der Waals surface area contributed by atoms with Crippen LogP contribution in [0.2, 0.25) is 0 Å². The Morgan fingerprint density at radius 1 is 1.43 bits per heavy atom. The molecule has 0 aliphatic carbocycles. The molecule has 3 rings (SSSR count). The molecule has 2 aliphatic rings. The van der Waals surface area contributed by atoms with Crippen molar-refractivity contribution in [1.29, 1.82) is 0 Å². The van der Waals surface area contributed by atoms with Crippen molar-refractivity contribution in [2.24, 2.45) is 0 Å². The van der Waals surface area contributed by atoms with Gasteiger partial charge in [-0.2, -0.15) is 0 Å². The predicted molar refractivity (Wildman–Crippen MR) is 77.7 cm³/mol. The standard InChI is InChI=1S/C16H21FN2O2/c1-2-21-15(20)19-11-14-16(17,12-19)8-9-18(14)10-13-6-4-3-5-7-13/h3-7,14H,2,8-12H2,1H3/t14-,16-/m1/s1. The van der Waals surface area contributed by atoms with Crippen LogP contribution in [0.3, 0.4) is 0 Å². The fourth-order valence-electron chi connectivity index (χ4n) is 3.39. The second kappa shape index (κ2) is 5.64. The molecule has 0 N–H and O–H groups in total. The summed E-state index contributed by atoms with van der Waals surface area (Å²) in [7, 11) is 0. The van der Waals surface area contributed by atoms with Gasteiger partial charge < -0.3 is 9.64 Å². The molecular formula is C16H21FN2O2. The quantitative estimate of drug-likeness (QED) is 0.858. The van der Waals surface area contributed by atoms with Gasteiger partial charge in [-0.05, 0) is 18.9 Å². The Bertz CT molecular complexity index is 510. The Labute approximate surface area is 124 Å². The maximum Gasteiger partial charge on any atom is 0.409 e. The summed E-state index contributed by atoms with van der Waals surface area (Å²) in [5.41, 5.74) is -0.113. The largest absolute Gasteiger partial charge is 0.450 e. The van der Waals surface area contributed by atoms with Crippen molar-refractivity contribution >= 4 is 6.09 Å². The van der Waals surface area contributed by atoms with Gasteiger partial charge in [-0.3, -0.25) is 4.90 Å². The molecule has 5 heteroatoms. The minimum Gasteiger partial charge on any atom is -0.450 e. The third kappa shape index (κ3) is 2.75. The lowest BCUT2D eigenvalue weighted by Gasteiger charge is -2.25. The van der Waals surface area contributed by atoms with Crippen molar-refractivity contribution in [3.8, 4) is 0 Å². The second-order valence-electron chi connectivity index (χ2n) is 5.84. The monoisotopic (exact) mass is 292 g/mol. The maximum atomic E-state index is 15.0. The van der Waals surface area contributed by atoms with Crippen LogP contribution >= 0.6 is 0 Å². The number of hydrogen-bond acceptors (Lipinski definition) is 3. The van der Waals surface area contributed by atoms with Gasteiger partial charge in [-0.25, -0.2) is 9.18 Å². The summed E-state index contributed by atoms with van der Waals surface area (Å²) in [5.74, 6) is 0. The highest BCUT2D eigenvalue weighted by Gasteiger charge is 2.55. The number of rotatable bonds is 3. The zero-order valence-electron chi connectivity index (χ0n) is 12.3. The van der Waals surface area contributed by atoms with Gasteiger partial charge in [0.25, 0.3) is 0 Å². The molecule has 4 nitrogen and oxygen atoms in total. The summed E-state index contributed by atoms with van der Waals surface area (Å²) < 4.78 is 20.0. The van der Waals surface area contributed by atoms with Crippen LogP contribution in [-0.4, -0.2) is 53.8 Å². The van der Waals surface area contributed by atoms with Crippen LogP contribution in [0.1, 0.15) is 18.9 Å². The molecule has 0 bridgehead atoms. The molecule has 2 aliphatic heterocycles. The number of amides is 1. The molecule has 0 radical (unpaired) electrons. The molecule has 0 spiro atoms. The third-order valence-electron chi connectivity index (χ3n) is 4.45. The smallest absolute Gasteiger partial charge is 0.409 e. The number of alkyl halides is 1. The fourth-order valence-corrected chi connectivity index (χ4v) is 3.39. The summed E-state index contributed by atoms with van der Waals surface area (Å²) in [6.07, 6.45) is 0.0871. The molecular weight excluding hydrogens is 271 g/mol. The lowest BCUT2D eigenvalue weighted by atomic mass is 10.0. The summed E-state index contributed by atoms with van der Waals surface area (Å²) >= 11 is 0. The highest BCUT2D eigenvalue weighted by Crippen LogP contribution is 2.39. The van der Waals surface area contributed by atoms with Crippen LogP contribution in [0.5, 0.6) is 0 Å². The maximum absolute atomic E-state index is 15.0. The first-order valence-electron chi connectivity index (χ1n) is 7.51. The van der Waals surface area contributed by atoms with Crippen molar-refractivity contribution in [3.05, 3.63) is 35.9 Å². The van der Waals surface area contributed by atoms with E-state index in [2.05, 4.69) is 17.0 Å². The van der Waals surface area contributed by atoms with Gasteiger partial charge in [0.1, 0.15) is 5.67 Å². The van der Waals surface area contributed by atoms with E-state index in [1.165, 1.54) is 10.5 Å². The van der Waals surface area contributed by atoms with Crippen molar-refractivity contribution in [3.63, 3.8) is 0 Å². The summed E-state index contributed by atoms with van der Waals surface area (Å²) in [6.45, 7) is 4.14. The topological polar surface area (TPSA) is 32.8 Å². The van der Waals surface area contributed by atoms with E-state index in [1.807, 2.05) is 18.2 Å². The van der Waals surface area contributed by atoms with Gasteiger partial charge in [0.15, 0.2) is 0 Å². The molecule has 2 saturated heterocycles. The van der Waals surface area contributed by atoms with Crippen LogP contribution in [0.25, 0.3) is 0 Å². The van der Waals surface area contributed by atoms with Crippen LogP contribution in [0.4, 0.5) is 9.18 Å².